The van der Waals surface area contributed by atoms with E-state index in [4.69, 9.17) is 5.11 Å². The molecule has 1 aliphatic rings. The first-order chi connectivity index (χ1) is 10.1. The van der Waals surface area contributed by atoms with Crippen LogP contribution in [0.4, 0.5) is 0 Å². The minimum Gasteiger partial charge on any atom is -0.480 e. The topological polar surface area (TPSA) is 88.3 Å². The number of aryl methyl sites for hydroxylation is 1. The van der Waals surface area contributed by atoms with Crippen LogP contribution in [0.3, 0.4) is 0 Å². The first-order valence-corrected chi connectivity index (χ1v) is 6.59. The SMILES string of the molecule is Cc1ccc(-n2nccn2)c(C(=O)N2CCC2C(=O)O)c1. The van der Waals surface area contributed by atoms with Crippen molar-refractivity contribution in [1.29, 1.82) is 0 Å². The van der Waals surface area contributed by atoms with Crippen molar-refractivity contribution in [2.75, 3.05) is 6.54 Å². The lowest BCUT2D eigenvalue weighted by atomic mass is 10.00. The molecule has 1 fully saturated rings. The van der Waals surface area contributed by atoms with Crippen LogP contribution in [0, 0.1) is 6.92 Å². The summed E-state index contributed by atoms with van der Waals surface area (Å²) in [4.78, 5) is 26.4. The number of hydrogen-bond donors (Lipinski definition) is 1. The second-order valence-electron chi connectivity index (χ2n) is 4.98. The third kappa shape index (κ3) is 2.26. The maximum absolute atomic E-state index is 12.6. The molecule has 1 aromatic carbocycles. The molecule has 1 atom stereocenters. The van der Waals surface area contributed by atoms with E-state index in [-0.39, 0.29) is 5.91 Å². The van der Waals surface area contributed by atoms with E-state index in [2.05, 4.69) is 10.2 Å². The van der Waals surface area contributed by atoms with Gasteiger partial charge in [0, 0.05) is 6.54 Å². The summed E-state index contributed by atoms with van der Waals surface area (Å²) in [5.74, 6) is -1.27. The van der Waals surface area contributed by atoms with E-state index >= 15 is 0 Å². The molecule has 0 bridgehead atoms. The van der Waals surface area contributed by atoms with Crippen LogP contribution < -0.4 is 0 Å². The zero-order valence-electron chi connectivity index (χ0n) is 11.4. The lowest BCUT2D eigenvalue weighted by Crippen LogP contribution is -2.55. The molecule has 1 aliphatic heterocycles. The molecule has 108 valence electrons. The summed E-state index contributed by atoms with van der Waals surface area (Å²) in [6, 6.07) is 4.62. The fourth-order valence-electron chi connectivity index (χ4n) is 2.38. The number of benzene rings is 1. The molecule has 1 N–H and O–H groups in total. The molecule has 1 saturated heterocycles. The van der Waals surface area contributed by atoms with Gasteiger partial charge in [0.25, 0.3) is 5.91 Å². The van der Waals surface area contributed by atoms with Crippen LogP contribution in [0.1, 0.15) is 22.3 Å². The fraction of sp³-hybridized carbons (Fsp3) is 0.286. The van der Waals surface area contributed by atoms with E-state index in [9.17, 15) is 9.59 Å². The van der Waals surface area contributed by atoms with E-state index in [1.54, 1.807) is 12.1 Å². The third-order valence-corrected chi connectivity index (χ3v) is 3.58. The van der Waals surface area contributed by atoms with Crippen LogP contribution in [0.15, 0.2) is 30.6 Å². The predicted molar refractivity (Wildman–Crippen MR) is 73.2 cm³/mol. The van der Waals surface area contributed by atoms with Gasteiger partial charge < -0.3 is 10.0 Å². The van der Waals surface area contributed by atoms with Crippen molar-refractivity contribution in [3.63, 3.8) is 0 Å². The van der Waals surface area contributed by atoms with E-state index < -0.39 is 12.0 Å². The molecule has 3 rings (SSSR count). The molecule has 1 aromatic heterocycles. The lowest BCUT2D eigenvalue weighted by molar-refractivity contribution is -0.146. The zero-order valence-corrected chi connectivity index (χ0v) is 11.4. The van der Waals surface area contributed by atoms with Gasteiger partial charge in [-0.15, -0.1) is 0 Å². The molecule has 0 saturated carbocycles. The highest BCUT2D eigenvalue weighted by Gasteiger charge is 2.38. The van der Waals surface area contributed by atoms with Crippen molar-refractivity contribution in [2.24, 2.45) is 0 Å². The van der Waals surface area contributed by atoms with E-state index in [1.807, 2.05) is 13.0 Å². The van der Waals surface area contributed by atoms with Crippen molar-refractivity contribution in [3.05, 3.63) is 41.7 Å². The number of rotatable bonds is 3. The summed E-state index contributed by atoms with van der Waals surface area (Å²) in [5, 5.41) is 17.2. The Kier molecular flexibility index (Phi) is 3.17. The first-order valence-electron chi connectivity index (χ1n) is 6.59. The van der Waals surface area contributed by atoms with Gasteiger partial charge in [-0.1, -0.05) is 11.6 Å². The van der Waals surface area contributed by atoms with Gasteiger partial charge in [-0.2, -0.15) is 15.0 Å². The number of carboxylic acids is 1. The number of carbonyl (C=O) groups is 2. The summed E-state index contributed by atoms with van der Waals surface area (Å²) in [6.45, 7) is 2.33. The highest BCUT2D eigenvalue weighted by molar-refractivity contribution is 6.00. The number of nitrogens with zero attached hydrogens (tertiary/aromatic N) is 4. The largest absolute Gasteiger partial charge is 0.480 e. The Balaban J connectivity index is 2.00. The van der Waals surface area contributed by atoms with Crippen molar-refractivity contribution < 1.29 is 14.7 Å². The molecular formula is C14H14N4O3. The summed E-state index contributed by atoms with van der Waals surface area (Å²) in [7, 11) is 0. The summed E-state index contributed by atoms with van der Waals surface area (Å²) < 4.78 is 0. The second-order valence-corrected chi connectivity index (χ2v) is 4.98. The van der Waals surface area contributed by atoms with Gasteiger partial charge in [0.15, 0.2) is 0 Å². The van der Waals surface area contributed by atoms with Gasteiger partial charge in [-0.05, 0) is 25.5 Å². The average molecular weight is 286 g/mol. The number of carbonyl (C=O) groups excluding carboxylic acids is 1. The molecular weight excluding hydrogens is 272 g/mol. The molecule has 7 nitrogen and oxygen atoms in total. The quantitative estimate of drug-likeness (QED) is 0.904. The van der Waals surface area contributed by atoms with Gasteiger partial charge in [0.05, 0.1) is 23.6 Å². The van der Waals surface area contributed by atoms with E-state index in [0.717, 1.165) is 5.56 Å². The third-order valence-electron chi connectivity index (χ3n) is 3.58. The van der Waals surface area contributed by atoms with E-state index in [1.165, 1.54) is 22.1 Å². The Morgan fingerprint density at radius 1 is 1.29 bits per heavy atom. The summed E-state index contributed by atoms with van der Waals surface area (Å²) >= 11 is 0. The van der Waals surface area contributed by atoms with Crippen LogP contribution in [0.2, 0.25) is 0 Å². The fourth-order valence-corrected chi connectivity index (χ4v) is 2.38. The monoisotopic (exact) mass is 286 g/mol. The smallest absolute Gasteiger partial charge is 0.326 e. The Labute approximate surface area is 120 Å². The molecule has 21 heavy (non-hydrogen) atoms. The molecule has 1 amide bonds. The molecule has 0 aliphatic carbocycles. The molecule has 1 unspecified atom stereocenters. The molecule has 0 radical (unpaired) electrons. The zero-order chi connectivity index (χ0) is 15.0. The summed E-state index contributed by atoms with van der Waals surface area (Å²) in [5.41, 5.74) is 1.88. The van der Waals surface area contributed by atoms with Gasteiger partial charge >= 0.3 is 5.97 Å². The van der Waals surface area contributed by atoms with Crippen LogP contribution in [0.25, 0.3) is 5.69 Å². The molecule has 2 aromatic rings. The van der Waals surface area contributed by atoms with Gasteiger partial charge in [-0.25, -0.2) is 4.79 Å². The highest BCUT2D eigenvalue weighted by atomic mass is 16.4. The first kappa shape index (κ1) is 13.3. The number of hydrogen-bond acceptors (Lipinski definition) is 4. The number of carboxylic acid groups (broad SMARTS) is 1. The number of aliphatic carboxylic acids is 1. The Morgan fingerprint density at radius 3 is 2.57 bits per heavy atom. The standard InChI is InChI=1S/C14H14N4O3/c1-9-2-3-11(18-15-5-6-16-18)10(8-9)13(19)17-7-4-12(17)14(20)21/h2-3,5-6,8,12H,4,7H2,1H3,(H,20,21). The Morgan fingerprint density at radius 2 is 2.00 bits per heavy atom. The van der Waals surface area contributed by atoms with E-state index in [0.29, 0.717) is 24.2 Å². The Bertz CT molecular complexity index is 696. The van der Waals surface area contributed by atoms with Gasteiger partial charge in [0.1, 0.15) is 6.04 Å². The second kappa shape index (κ2) is 5.01. The van der Waals surface area contributed by atoms with Crippen molar-refractivity contribution in [2.45, 2.75) is 19.4 Å². The minimum absolute atomic E-state index is 0.301. The average Bonchev–Trinajstić information content (AvgIpc) is 2.90. The maximum Gasteiger partial charge on any atom is 0.326 e. The van der Waals surface area contributed by atoms with Crippen molar-refractivity contribution >= 4 is 11.9 Å². The number of likely N-dealkylation sites (tertiary alicyclic amines) is 1. The maximum atomic E-state index is 12.6. The highest BCUT2D eigenvalue weighted by Crippen LogP contribution is 2.24. The molecule has 2 heterocycles. The van der Waals surface area contributed by atoms with Gasteiger partial charge in [0.2, 0.25) is 0 Å². The van der Waals surface area contributed by atoms with Crippen LogP contribution >= 0.6 is 0 Å². The Hall–Kier alpha value is -2.70. The van der Waals surface area contributed by atoms with Crippen molar-refractivity contribution in [3.8, 4) is 5.69 Å². The van der Waals surface area contributed by atoms with Crippen LogP contribution in [0.5, 0.6) is 0 Å². The number of amides is 1. The number of aromatic nitrogens is 3. The van der Waals surface area contributed by atoms with Crippen molar-refractivity contribution in [1.82, 2.24) is 19.9 Å². The summed E-state index contributed by atoms with van der Waals surface area (Å²) in [6.07, 6.45) is 3.54. The lowest BCUT2D eigenvalue weighted by Gasteiger charge is -2.38. The molecule has 0 spiro atoms. The molecule has 7 heteroatoms. The normalized spacial score (nSPS) is 17.4. The van der Waals surface area contributed by atoms with Crippen LogP contribution in [-0.4, -0.2) is 49.5 Å². The minimum atomic E-state index is -0.971. The predicted octanol–water partition coefficient (Wildman–Crippen LogP) is 0.875. The van der Waals surface area contributed by atoms with Crippen LogP contribution in [-0.2, 0) is 4.79 Å². The van der Waals surface area contributed by atoms with Gasteiger partial charge in [-0.3, -0.25) is 4.79 Å².